The van der Waals surface area contributed by atoms with Crippen molar-refractivity contribution in [3.05, 3.63) is 45.6 Å². The Morgan fingerprint density at radius 1 is 1.29 bits per heavy atom. The fraction of sp³-hybridized carbons (Fsp3) is 0.474. The summed E-state index contributed by atoms with van der Waals surface area (Å²) in [6.07, 6.45) is 0.490. The van der Waals surface area contributed by atoms with Crippen molar-refractivity contribution < 1.29 is 13.2 Å². The molecule has 2 heterocycles. The SMILES string of the molecule is CC(C)(C)c1cc(NC(=O)Cc2c(Cl)cccc2Cl)n([C@H]2CCS(=O)(=O)C2)n1. The van der Waals surface area contributed by atoms with Crippen LogP contribution in [-0.4, -0.2) is 35.6 Å². The molecule has 0 bridgehead atoms. The number of nitrogens with one attached hydrogen (secondary N) is 1. The summed E-state index contributed by atoms with van der Waals surface area (Å²) in [5.74, 6) is 0.348. The molecule has 152 valence electrons. The lowest BCUT2D eigenvalue weighted by Crippen LogP contribution is -2.21. The van der Waals surface area contributed by atoms with Crippen LogP contribution in [0.3, 0.4) is 0 Å². The first-order valence-corrected chi connectivity index (χ1v) is 11.6. The van der Waals surface area contributed by atoms with Gasteiger partial charge < -0.3 is 5.32 Å². The maximum Gasteiger partial charge on any atom is 0.230 e. The molecule has 0 saturated carbocycles. The molecule has 1 saturated heterocycles. The van der Waals surface area contributed by atoms with Gasteiger partial charge in [0.2, 0.25) is 5.91 Å². The molecule has 0 radical (unpaired) electrons. The number of carbonyl (C=O) groups excluding carboxylic acids is 1. The van der Waals surface area contributed by atoms with Crippen LogP contribution in [0.25, 0.3) is 0 Å². The predicted octanol–water partition coefficient (Wildman–Crippen LogP) is 4.03. The van der Waals surface area contributed by atoms with Gasteiger partial charge >= 0.3 is 0 Å². The number of nitrogens with zero attached hydrogens (tertiary/aromatic N) is 2. The van der Waals surface area contributed by atoms with Gasteiger partial charge in [0.1, 0.15) is 5.82 Å². The molecule has 1 N–H and O–H groups in total. The van der Waals surface area contributed by atoms with Gasteiger partial charge in [-0.1, -0.05) is 50.0 Å². The lowest BCUT2D eigenvalue weighted by molar-refractivity contribution is -0.115. The molecule has 1 atom stereocenters. The number of benzene rings is 1. The van der Waals surface area contributed by atoms with Crippen molar-refractivity contribution in [2.24, 2.45) is 0 Å². The molecule has 2 aromatic rings. The van der Waals surface area contributed by atoms with Crippen LogP contribution < -0.4 is 5.32 Å². The van der Waals surface area contributed by atoms with Crippen LogP contribution in [0.5, 0.6) is 0 Å². The summed E-state index contributed by atoms with van der Waals surface area (Å²) < 4.78 is 25.5. The van der Waals surface area contributed by atoms with E-state index in [1.807, 2.05) is 20.8 Å². The number of amides is 1. The Morgan fingerprint density at radius 3 is 2.46 bits per heavy atom. The van der Waals surface area contributed by atoms with Crippen molar-refractivity contribution in [1.82, 2.24) is 9.78 Å². The first kappa shape index (κ1) is 21.1. The van der Waals surface area contributed by atoms with Gasteiger partial charge in [-0.15, -0.1) is 0 Å². The van der Waals surface area contributed by atoms with Crippen LogP contribution in [0.4, 0.5) is 5.82 Å². The standard InChI is InChI=1S/C19H23Cl2N3O3S/c1-19(2,3)16-10-17(24(23-16)12-7-8-28(26,27)11-12)22-18(25)9-13-14(20)5-4-6-15(13)21/h4-6,10,12H,7-9,11H2,1-3H3,(H,22,25)/t12-/m0/s1. The van der Waals surface area contributed by atoms with Gasteiger partial charge in [-0.25, -0.2) is 13.1 Å². The molecule has 1 aliphatic heterocycles. The zero-order chi connectivity index (χ0) is 20.7. The van der Waals surface area contributed by atoms with E-state index in [1.54, 1.807) is 28.9 Å². The summed E-state index contributed by atoms with van der Waals surface area (Å²) in [6.45, 7) is 6.04. The zero-order valence-electron chi connectivity index (χ0n) is 16.0. The Bertz CT molecular complexity index is 990. The lowest BCUT2D eigenvalue weighted by Gasteiger charge is -2.15. The molecule has 9 heteroatoms. The van der Waals surface area contributed by atoms with E-state index < -0.39 is 9.84 Å². The van der Waals surface area contributed by atoms with Crippen molar-refractivity contribution in [2.45, 2.75) is 45.1 Å². The zero-order valence-corrected chi connectivity index (χ0v) is 18.3. The van der Waals surface area contributed by atoms with Crippen LogP contribution in [0, 0.1) is 0 Å². The highest BCUT2D eigenvalue weighted by molar-refractivity contribution is 7.91. The molecule has 1 aliphatic rings. The summed E-state index contributed by atoms with van der Waals surface area (Å²) in [7, 11) is -3.08. The van der Waals surface area contributed by atoms with Gasteiger partial charge in [-0.05, 0) is 24.1 Å². The number of aromatic nitrogens is 2. The molecule has 6 nitrogen and oxygen atoms in total. The van der Waals surface area contributed by atoms with Crippen LogP contribution in [0.2, 0.25) is 10.0 Å². The van der Waals surface area contributed by atoms with Crippen molar-refractivity contribution in [2.75, 3.05) is 16.8 Å². The normalized spacial score (nSPS) is 19.0. The van der Waals surface area contributed by atoms with Crippen LogP contribution in [0.1, 0.15) is 44.5 Å². The fourth-order valence-electron chi connectivity index (χ4n) is 3.15. The van der Waals surface area contributed by atoms with Gasteiger partial charge in [0.05, 0.1) is 29.7 Å². The van der Waals surface area contributed by atoms with E-state index in [1.165, 1.54) is 0 Å². The highest BCUT2D eigenvalue weighted by Gasteiger charge is 2.33. The Hall–Kier alpha value is -1.57. The third kappa shape index (κ3) is 4.70. The number of hydrogen-bond donors (Lipinski definition) is 1. The predicted molar refractivity (Wildman–Crippen MR) is 112 cm³/mol. The van der Waals surface area contributed by atoms with E-state index in [0.29, 0.717) is 27.8 Å². The summed E-state index contributed by atoms with van der Waals surface area (Å²) >= 11 is 12.3. The van der Waals surface area contributed by atoms with Crippen molar-refractivity contribution in [3.8, 4) is 0 Å². The minimum atomic E-state index is -3.08. The lowest BCUT2D eigenvalue weighted by atomic mass is 9.92. The molecule has 0 unspecified atom stereocenters. The molecule has 0 aliphatic carbocycles. The van der Waals surface area contributed by atoms with Crippen LogP contribution in [-0.2, 0) is 26.5 Å². The molecule has 1 fully saturated rings. The van der Waals surface area contributed by atoms with E-state index >= 15 is 0 Å². The molecule has 3 rings (SSSR count). The van der Waals surface area contributed by atoms with Crippen molar-refractivity contribution in [3.63, 3.8) is 0 Å². The van der Waals surface area contributed by atoms with Gasteiger partial charge in [0.25, 0.3) is 0 Å². The van der Waals surface area contributed by atoms with Gasteiger partial charge in [0.15, 0.2) is 9.84 Å². The Kier molecular flexibility index (Phi) is 5.81. The largest absolute Gasteiger partial charge is 0.311 e. The van der Waals surface area contributed by atoms with Crippen LogP contribution >= 0.6 is 23.2 Å². The number of sulfone groups is 1. The van der Waals surface area contributed by atoms with Gasteiger partial charge in [0, 0.05) is 21.5 Å². The Labute approximate surface area is 175 Å². The monoisotopic (exact) mass is 443 g/mol. The van der Waals surface area contributed by atoms with Gasteiger partial charge in [-0.3, -0.25) is 4.79 Å². The van der Waals surface area contributed by atoms with E-state index in [0.717, 1.165) is 5.69 Å². The maximum absolute atomic E-state index is 12.7. The average molecular weight is 444 g/mol. The fourth-order valence-corrected chi connectivity index (χ4v) is 5.37. The number of anilines is 1. The molecular formula is C19H23Cl2N3O3S. The number of rotatable bonds is 4. The molecule has 0 spiro atoms. The molecule has 1 aromatic heterocycles. The smallest absolute Gasteiger partial charge is 0.230 e. The second-order valence-electron chi connectivity index (χ2n) is 8.09. The van der Waals surface area contributed by atoms with E-state index in [2.05, 4.69) is 10.4 Å². The molecular weight excluding hydrogens is 421 g/mol. The Morgan fingerprint density at radius 2 is 1.93 bits per heavy atom. The molecule has 1 amide bonds. The topological polar surface area (TPSA) is 81.1 Å². The second-order valence-corrected chi connectivity index (χ2v) is 11.1. The number of halogens is 2. The third-order valence-electron chi connectivity index (χ3n) is 4.72. The first-order chi connectivity index (χ1) is 13.0. The summed E-state index contributed by atoms with van der Waals surface area (Å²) in [6, 6.07) is 6.59. The number of carbonyl (C=O) groups is 1. The van der Waals surface area contributed by atoms with E-state index in [4.69, 9.17) is 23.2 Å². The summed E-state index contributed by atoms with van der Waals surface area (Å²) in [4.78, 5) is 12.7. The average Bonchev–Trinajstić information content (AvgIpc) is 3.14. The van der Waals surface area contributed by atoms with E-state index in [9.17, 15) is 13.2 Å². The van der Waals surface area contributed by atoms with Gasteiger partial charge in [-0.2, -0.15) is 5.10 Å². The maximum atomic E-state index is 12.7. The first-order valence-electron chi connectivity index (χ1n) is 8.99. The third-order valence-corrected chi connectivity index (χ3v) is 7.18. The Balaban J connectivity index is 1.88. The minimum absolute atomic E-state index is 0.0114. The second kappa shape index (κ2) is 7.69. The minimum Gasteiger partial charge on any atom is -0.311 e. The molecule has 1 aromatic carbocycles. The molecule has 28 heavy (non-hydrogen) atoms. The van der Waals surface area contributed by atoms with Crippen LogP contribution in [0.15, 0.2) is 24.3 Å². The summed E-state index contributed by atoms with van der Waals surface area (Å²) in [5, 5.41) is 8.32. The highest BCUT2D eigenvalue weighted by Crippen LogP contribution is 2.31. The van der Waals surface area contributed by atoms with Crippen molar-refractivity contribution >= 4 is 44.8 Å². The number of hydrogen-bond acceptors (Lipinski definition) is 4. The summed E-state index contributed by atoms with van der Waals surface area (Å²) in [5.41, 5.74) is 1.09. The highest BCUT2D eigenvalue weighted by atomic mass is 35.5. The van der Waals surface area contributed by atoms with Crippen molar-refractivity contribution in [1.29, 1.82) is 0 Å². The van der Waals surface area contributed by atoms with E-state index in [-0.39, 0.29) is 35.3 Å². The quantitative estimate of drug-likeness (QED) is 0.772.